The molecule has 0 aromatic heterocycles. The molecule has 2 saturated heterocycles. The highest BCUT2D eigenvalue weighted by atomic mass is 79.9. The van der Waals surface area contributed by atoms with Crippen molar-refractivity contribution in [3.63, 3.8) is 0 Å². The molecule has 0 saturated carbocycles. The van der Waals surface area contributed by atoms with Gasteiger partial charge in [-0.2, -0.15) is 0 Å². The lowest BCUT2D eigenvalue weighted by atomic mass is 10.1. The van der Waals surface area contributed by atoms with Crippen LogP contribution in [0.5, 0.6) is 0 Å². The molecule has 0 spiro atoms. The first-order chi connectivity index (χ1) is 9.13. The van der Waals surface area contributed by atoms with Crippen LogP contribution in [0.25, 0.3) is 0 Å². The smallest absolute Gasteiger partial charge is 0.124 e. The topological polar surface area (TPSA) is 6.48 Å². The molecular formula is C15H20BrFN2. The summed E-state index contributed by atoms with van der Waals surface area (Å²) >= 11 is 3.47. The van der Waals surface area contributed by atoms with Gasteiger partial charge in [-0.1, -0.05) is 22.0 Å². The fraction of sp³-hybridized carbons (Fsp3) is 0.600. The molecule has 2 atom stereocenters. The summed E-state index contributed by atoms with van der Waals surface area (Å²) in [5.41, 5.74) is 1.18. The molecule has 0 radical (unpaired) electrons. The van der Waals surface area contributed by atoms with Gasteiger partial charge in [0, 0.05) is 36.2 Å². The Hall–Kier alpha value is -0.450. The van der Waals surface area contributed by atoms with Crippen molar-refractivity contribution in [1.29, 1.82) is 0 Å². The monoisotopic (exact) mass is 326 g/mol. The minimum atomic E-state index is -0.177. The molecule has 4 heteroatoms. The van der Waals surface area contributed by atoms with Gasteiger partial charge in [0.05, 0.1) is 0 Å². The van der Waals surface area contributed by atoms with Crippen molar-refractivity contribution in [2.45, 2.75) is 38.4 Å². The molecule has 1 aromatic carbocycles. The predicted octanol–water partition coefficient (Wildman–Crippen LogP) is 3.26. The van der Waals surface area contributed by atoms with E-state index in [-0.39, 0.29) is 5.82 Å². The molecule has 3 rings (SSSR count). The Morgan fingerprint density at radius 1 is 1.37 bits per heavy atom. The van der Waals surface area contributed by atoms with E-state index in [1.807, 2.05) is 6.07 Å². The van der Waals surface area contributed by atoms with Crippen LogP contribution in [-0.4, -0.2) is 41.5 Å². The van der Waals surface area contributed by atoms with Gasteiger partial charge in [-0.3, -0.25) is 9.80 Å². The molecule has 2 nitrogen and oxygen atoms in total. The van der Waals surface area contributed by atoms with E-state index in [1.54, 1.807) is 12.1 Å². The van der Waals surface area contributed by atoms with E-state index in [0.29, 0.717) is 6.04 Å². The first-order valence-corrected chi connectivity index (χ1v) is 7.85. The van der Waals surface area contributed by atoms with E-state index in [2.05, 4.69) is 32.7 Å². The van der Waals surface area contributed by atoms with E-state index in [0.717, 1.165) is 23.6 Å². The zero-order valence-electron chi connectivity index (χ0n) is 11.3. The maximum absolute atomic E-state index is 13.1. The maximum Gasteiger partial charge on any atom is 0.124 e. The number of nitrogens with zero attached hydrogens (tertiary/aromatic N) is 2. The first-order valence-electron chi connectivity index (χ1n) is 7.05. The van der Waals surface area contributed by atoms with Crippen molar-refractivity contribution in [3.8, 4) is 0 Å². The average Bonchev–Trinajstić information content (AvgIpc) is 2.80. The quantitative estimate of drug-likeness (QED) is 0.823. The van der Waals surface area contributed by atoms with Gasteiger partial charge in [-0.15, -0.1) is 0 Å². The van der Waals surface area contributed by atoms with Crippen LogP contribution >= 0.6 is 15.9 Å². The van der Waals surface area contributed by atoms with E-state index in [4.69, 9.17) is 0 Å². The molecule has 0 amide bonds. The van der Waals surface area contributed by atoms with Crippen molar-refractivity contribution < 1.29 is 4.39 Å². The van der Waals surface area contributed by atoms with Crippen molar-refractivity contribution in [2.24, 2.45) is 0 Å². The summed E-state index contributed by atoms with van der Waals surface area (Å²) in [6.07, 6.45) is 2.67. The molecule has 2 fully saturated rings. The lowest BCUT2D eigenvalue weighted by Gasteiger charge is -2.42. The van der Waals surface area contributed by atoms with Crippen LogP contribution in [0.1, 0.15) is 25.3 Å². The zero-order valence-corrected chi connectivity index (χ0v) is 12.9. The van der Waals surface area contributed by atoms with Crippen molar-refractivity contribution in [1.82, 2.24) is 9.80 Å². The molecule has 2 aliphatic rings. The van der Waals surface area contributed by atoms with Crippen LogP contribution in [0, 0.1) is 5.82 Å². The van der Waals surface area contributed by atoms with Gasteiger partial charge in [0.25, 0.3) is 0 Å². The predicted molar refractivity (Wildman–Crippen MR) is 78.6 cm³/mol. The highest BCUT2D eigenvalue weighted by molar-refractivity contribution is 9.10. The van der Waals surface area contributed by atoms with E-state index < -0.39 is 0 Å². The Kier molecular flexibility index (Phi) is 3.92. The number of fused-ring (bicyclic) bond motifs is 1. The molecule has 0 N–H and O–H groups in total. The lowest BCUT2D eigenvalue weighted by Crippen LogP contribution is -2.54. The highest BCUT2D eigenvalue weighted by Gasteiger charge is 2.34. The van der Waals surface area contributed by atoms with Crippen LogP contribution in [-0.2, 0) is 6.54 Å². The van der Waals surface area contributed by atoms with Crippen LogP contribution in [0.2, 0.25) is 0 Å². The Balaban J connectivity index is 1.71. The molecule has 1 aromatic rings. The molecule has 2 heterocycles. The molecule has 2 unspecified atom stereocenters. The zero-order chi connectivity index (χ0) is 13.4. The number of benzene rings is 1. The Morgan fingerprint density at radius 3 is 3.00 bits per heavy atom. The van der Waals surface area contributed by atoms with E-state index >= 15 is 0 Å². The average molecular weight is 327 g/mol. The summed E-state index contributed by atoms with van der Waals surface area (Å²) in [7, 11) is 0. The second-order valence-corrected chi connectivity index (χ2v) is 6.66. The number of hydrogen-bond donors (Lipinski definition) is 0. The van der Waals surface area contributed by atoms with Gasteiger partial charge in [0.2, 0.25) is 0 Å². The van der Waals surface area contributed by atoms with E-state index in [1.165, 1.54) is 31.5 Å². The van der Waals surface area contributed by atoms with Crippen LogP contribution < -0.4 is 0 Å². The summed E-state index contributed by atoms with van der Waals surface area (Å²) in [6, 6.07) is 6.32. The van der Waals surface area contributed by atoms with Gasteiger partial charge in [-0.05, 0) is 44.0 Å². The van der Waals surface area contributed by atoms with Gasteiger partial charge in [0.1, 0.15) is 5.82 Å². The first kappa shape index (κ1) is 13.5. The van der Waals surface area contributed by atoms with Crippen LogP contribution in [0.3, 0.4) is 0 Å². The summed E-state index contributed by atoms with van der Waals surface area (Å²) in [5.74, 6) is -0.177. The van der Waals surface area contributed by atoms with Crippen molar-refractivity contribution in [3.05, 3.63) is 34.1 Å². The lowest BCUT2D eigenvalue weighted by molar-refractivity contribution is 0.0539. The molecule has 0 bridgehead atoms. The minimum Gasteiger partial charge on any atom is -0.298 e. The summed E-state index contributed by atoms with van der Waals surface area (Å²) in [5, 5.41) is 0. The normalized spacial score (nSPS) is 28.6. The van der Waals surface area contributed by atoms with Crippen LogP contribution in [0.15, 0.2) is 22.7 Å². The van der Waals surface area contributed by atoms with Gasteiger partial charge in [-0.25, -0.2) is 4.39 Å². The summed E-state index contributed by atoms with van der Waals surface area (Å²) < 4.78 is 14.0. The Bertz CT molecular complexity index is 465. The van der Waals surface area contributed by atoms with Gasteiger partial charge < -0.3 is 0 Å². The number of hydrogen-bond acceptors (Lipinski definition) is 2. The molecule has 19 heavy (non-hydrogen) atoms. The SMILES string of the molecule is CC1CN2CCCC2CN1Cc1ccc(F)cc1Br. The third-order valence-electron chi connectivity index (χ3n) is 4.45. The molecule has 104 valence electrons. The molecule has 2 aliphatic heterocycles. The number of rotatable bonds is 2. The van der Waals surface area contributed by atoms with Gasteiger partial charge >= 0.3 is 0 Å². The van der Waals surface area contributed by atoms with Crippen molar-refractivity contribution >= 4 is 15.9 Å². The standard InChI is InChI=1S/C15H20BrFN2/c1-11-8-18-6-2-3-14(18)10-19(11)9-12-4-5-13(17)7-15(12)16/h4-5,7,11,14H,2-3,6,8-10H2,1H3. The van der Waals surface area contributed by atoms with E-state index in [9.17, 15) is 4.39 Å². The summed E-state index contributed by atoms with van der Waals surface area (Å²) in [4.78, 5) is 5.16. The Labute approximate surface area is 122 Å². The van der Waals surface area contributed by atoms with Crippen LogP contribution in [0.4, 0.5) is 4.39 Å². The second-order valence-electron chi connectivity index (χ2n) is 5.81. The highest BCUT2D eigenvalue weighted by Crippen LogP contribution is 2.27. The fourth-order valence-electron chi connectivity index (χ4n) is 3.34. The third-order valence-corrected chi connectivity index (χ3v) is 5.19. The maximum atomic E-state index is 13.1. The number of piperazine rings is 1. The Morgan fingerprint density at radius 2 is 2.21 bits per heavy atom. The second kappa shape index (κ2) is 5.51. The fourth-order valence-corrected chi connectivity index (χ4v) is 3.81. The summed E-state index contributed by atoms with van der Waals surface area (Å²) in [6.45, 7) is 6.79. The minimum absolute atomic E-state index is 0.177. The number of halogens is 2. The third kappa shape index (κ3) is 2.86. The largest absolute Gasteiger partial charge is 0.298 e. The molecule has 0 aliphatic carbocycles. The molecular weight excluding hydrogens is 307 g/mol. The van der Waals surface area contributed by atoms with Gasteiger partial charge in [0.15, 0.2) is 0 Å². The van der Waals surface area contributed by atoms with Crippen molar-refractivity contribution in [2.75, 3.05) is 19.6 Å².